The molecule has 1 aromatic rings. The van der Waals surface area contributed by atoms with Crippen molar-refractivity contribution in [3.8, 4) is 11.5 Å². The molecule has 7 heteroatoms. The number of halogens is 1. The summed E-state index contributed by atoms with van der Waals surface area (Å²) in [5, 5.41) is 11.4. The molecule has 0 radical (unpaired) electrons. The van der Waals surface area contributed by atoms with Gasteiger partial charge >= 0.3 is 5.97 Å². The van der Waals surface area contributed by atoms with E-state index in [-0.39, 0.29) is 5.70 Å². The smallest absolute Gasteiger partial charge is 0.352 e. The summed E-state index contributed by atoms with van der Waals surface area (Å²) >= 11 is 3.37. The van der Waals surface area contributed by atoms with Gasteiger partial charge in [-0.3, -0.25) is 4.79 Å². The normalized spacial score (nSPS) is 10.9. The molecule has 1 rings (SSSR count). The van der Waals surface area contributed by atoms with Crippen molar-refractivity contribution in [2.24, 2.45) is 0 Å². The fraction of sp³-hybridized carbons (Fsp3) is 0.250. The number of rotatable bonds is 7. The zero-order valence-corrected chi connectivity index (χ0v) is 14.7. The van der Waals surface area contributed by atoms with Crippen LogP contribution in [0.3, 0.4) is 0 Å². The molecular weight excluding hydrogens is 366 g/mol. The second kappa shape index (κ2) is 8.38. The van der Waals surface area contributed by atoms with Crippen molar-refractivity contribution in [3.63, 3.8) is 0 Å². The van der Waals surface area contributed by atoms with Crippen molar-refractivity contribution in [1.82, 2.24) is 5.32 Å². The molecule has 6 nitrogen and oxygen atoms in total. The Bertz CT molecular complexity index is 667. The maximum Gasteiger partial charge on any atom is 0.352 e. The first kappa shape index (κ1) is 18.8. The highest BCUT2D eigenvalue weighted by Gasteiger charge is 2.14. The molecule has 0 bridgehead atoms. The summed E-state index contributed by atoms with van der Waals surface area (Å²) in [7, 11) is 1.48. The Morgan fingerprint density at radius 1 is 1.39 bits per heavy atom. The van der Waals surface area contributed by atoms with Gasteiger partial charge in [-0.2, -0.15) is 0 Å². The van der Waals surface area contributed by atoms with Gasteiger partial charge < -0.3 is 19.9 Å². The second-order valence-corrected chi connectivity index (χ2v) is 5.68. The van der Waals surface area contributed by atoms with E-state index in [0.29, 0.717) is 28.1 Å². The van der Waals surface area contributed by atoms with Gasteiger partial charge in [-0.1, -0.05) is 6.58 Å². The van der Waals surface area contributed by atoms with Crippen LogP contribution in [0.25, 0.3) is 6.08 Å². The third-order valence-electron chi connectivity index (χ3n) is 2.57. The van der Waals surface area contributed by atoms with E-state index in [1.807, 2.05) is 6.92 Å². The quantitative estimate of drug-likeness (QED) is 0.558. The van der Waals surface area contributed by atoms with Crippen LogP contribution in [0.2, 0.25) is 0 Å². The van der Waals surface area contributed by atoms with E-state index in [2.05, 4.69) is 27.8 Å². The Labute approximate surface area is 142 Å². The molecule has 0 atom stereocenters. The van der Waals surface area contributed by atoms with Crippen LogP contribution < -0.4 is 14.8 Å². The number of benzene rings is 1. The minimum Gasteiger partial charge on any atom is -0.493 e. The van der Waals surface area contributed by atoms with Crippen molar-refractivity contribution < 1.29 is 24.2 Å². The molecular formula is C16H18BrNO5. The number of carbonyl (C=O) groups is 2. The van der Waals surface area contributed by atoms with Gasteiger partial charge in [0.1, 0.15) is 12.3 Å². The van der Waals surface area contributed by atoms with Gasteiger partial charge in [0.05, 0.1) is 11.6 Å². The summed E-state index contributed by atoms with van der Waals surface area (Å²) in [6.07, 6.45) is 1.33. The molecule has 0 spiro atoms. The first-order valence-electron chi connectivity index (χ1n) is 6.62. The van der Waals surface area contributed by atoms with Gasteiger partial charge in [-0.15, -0.1) is 0 Å². The Morgan fingerprint density at radius 2 is 2.04 bits per heavy atom. The molecule has 0 aliphatic heterocycles. The van der Waals surface area contributed by atoms with E-state index >= 15 is 0 Å². The Morgan fingerprint density at radius 3 is 2.52 bits per heavy atom. The number of nitrogens with one attached hydrogen (secondary N) is 1. The highest BCUT2D eigenvalue weighted by molar-refractivity contribution is 9.10. The molecule has 2 N–H and O–H groups in total. The molecule has 0 saturated carbocycles. The monoisotopic (exact) mass is 383 g/mol. The summed E-state index contributed by atoms with van der Waals surface area (Å²) in [6.45, 7) is 7.17. The van der Waals surface area contributed by atoms with Crippen LogP contribution in [0.15, 0.2) is 34.5 Å². The van der Waals surface area contributed by atoms with E-state index in [4.69, 9.17) is 14.6 Å². The van der Waals surface area contributed by atoms with Crippen LogP contribution in [0, 0.1) is 0 Å². The molecule has 0 heterocycles. The average molecular weight is 384 g/mol. The molecule has 1 amide bonds. The minimum atomic E-state index is -1.24. The van der Waals surface area contributed by atoms with Crippen LogP contribution in [0.5, 0.6) is 11.5 Å². The standard InChI is InChI=1S/C16H18BrNO5/c1-9(2)8-23-15-12(17)5-11(7-14(15)22-4)6-13(16(20)21)18-10(3)19/h5-7H,1,8H2,2-4H3,(H,18,19)(H,20,21)/b13-6+. The lowest BCUT2D eigenvalue weighted by atomic mass is 10.1. The Hall–Kier alpha value is -2.28. The number of carboxylic acid groups (broad SMARTS) is 1. The fourth-order valence-electron chi connectivity index (χ4n) is 1.67. The zero-order chi connectivity index (χ0) is 17.6. The van der Waals surface area contributed by atoms with E-state index in [1.165, 1.54) is 20.1 Å². The number of methoxy groups -OCH3 is 1. The maximum absolute atomic E-state index is 11.2. The summed E-state index contributed by atoms with van der Waals surface area (Å²) in [6, 6.07) is 3.28. The van der Waals surface area contributed by atoms with Crippen molar-refractivity contribution in [2.75, 3.05) is 13.7 Å². The van der Waals surface area contributed by atoms with Crippen LogP contribution >= 0.6 is 15.9 Å². The highest BCUT2D eigenvalue weighted by atomic mass is 79.9. The molecule has 0 aliphatic rings. The van der Waals surface area contributed by atoms with E-state index in [1.54, 1.807) is 12.1 Å². The predicted molar refractivity (Wildman–Crippen MR) is 90.4 cm³/mol. The van der Waals surface area contributed by atoms with Crippen molar-refractivity contribution in [2.45, 2.75) is 13.8 Å². The van der Waals surface area contributed by atoms with E-state index in [9.17, 15) is 9.59 Å². The average Bonchev–Trinajstić information content (AvgIpc) is 2.44. The predicted octanol–water partition coefficient (Wildman–Crippen LogP) is 2.97. The van der Waals surface area contributed by atoms with Crippen molar-refractivity contribution >= 4 is 33.9 Å². The van der Waals surface area contributed by atoms with Crippen molar-refractivity contribution in [1.29, 1.82) is 0 Å². The fourth-order valence-corrected chi connectivity index (χ4v) is 2.24. The Kier molecular flexibility index (Phi) is 6.84. The number of hydrogen-bond acceptors (Lipinski definition) is 4. The van der Waals surface area contributed by atoms with Gasteiger partial charge in [0.2, 0.25) is 5.91 Å². The first-order chi connectivity index (χ1) is 10.7. The molecule has 124 valence electrons. The lowest BCUT2D eigenvalue weighted by Gasteiger charge is -2.14. The summed E-state index contributed by atoms with van der Waals surface area (Å²) < 4.78 is 11.5. The van der Waals surface area contributed by atoms with Gasteiger partial charge in [-0.25, -0.2) is 4.79 Å². The number of carbonyl (C=O) groups excluding carboxylic acids is 1. The van der Waals surface area contributed by atoms with Gasteiger partial charge in [0.25, 0.3) is 0 Å². The minimum absolute atomic E-state index is 0.234. The molecule has 0 aliphatic carbocycles. The topological polar surface area (TPSA) is 84.9 Å². The number of carboxylic acids is 1. The summed E-state index contributed by atoms with van der Waals surface area (Å²) in [5.74, 6) is -0.785. The molecule has 0 fully saturated rings. The lowest BCUT2D eigenvalue weighted by molar-refractivity contribution is -0.134. The molecule has 0 aromatic heterocycles. The zero-order valence-electron chi connectivity index (χ0n) is 13.1. The number of aliphatic carboxylic acids is 1. The third-order valence-corrected chi connectivity index (χ3v) is 3.16. The van der Waals surface area contributed by atoms with Crippen LogP contribution in [0.1, 0.15) is 19.4 Å². The van der Waals surface area contributed by atoms with Crippen LogP contribution in [-0.4, -0.2) is 30.7 Å². The SMILES string of the molecule is C=C(C)COc1c(Br)cc(/C=C(/NC(C)=O)C(=O)O)cc1OC. The molecule has 23 heavy (non-hydrogen) atoms. The lowest BCUT2D eigenvalue weighted by Crippen LogP contribution is -2.24. The van der Waals surface area contributed by atoms with E-state index < -0.39 is 11.9 Å². The molecule has 0 unspecified atom stereocenters. The summed E-state index contributed by atoms with van der Waals surface area (Å²) in [5.41, 5.74) is 1.14. The second-order valence-electron chi connectivity index (χ2n) is 4.82. The first-order valence-corrected chi connectivity index (χ1v) is 7.41. The number of hydrogen-bond donors (Lipinski definition) is 2. The number of amides is 1. The maximum atomic E-state index is 11.2. The third kappa shape index (κ3) is 5.78. The van der Waals surface area contributed by atoms with Gasteiger partial charge in [0.15, 0.2) is 11.5 Å². The van der Waals surface area contributed by atoms with Crippen LogP contribution in [0.4, 0.5) is 0 Å². The molecule has 1 aromatic carbocycles. The largest absolute Gasteiger partial charge is 0.493 e. The Balaban J connectivity index is 3.23. The van der Waals surface area contributed by atoms with Gasteiger partial charge in [0, 0.05) is 6.92 Å². The summed E-state index contributed by atoms with van der Waals surface area (Å²) in [4.78, 5) is 22.2. The van der Waals surface area contributed by atoms with Crippen LogP contribution in [-0.2, 0) is 9.59 Å². The highest BCUT2D eigenvalue weighted by Crippen LogP contribution is 2.37. The number of ether oxygens (including phenoxy) is 2. The van der Waals surface area contributed by atoms with Gasteiger partial charge in [-0.05, 0) is 52.2 Å². The molecule has 0 saturated heterocycles. The van der Waals surface area contributed by atoms with E-state index in [0.717, 1.165) is 5.57 Å². The van der Waals surface area contributed by atoms with Crippen molar-refractivity contribution in [3.05, 3.63) is 40.0 Å².